The maximum atomic E-state index is 15.1. The van der Waals surface area contributed by atoms with Crippen LogP contribution in [0.25, 0.3) is 0 Å². The lowest BCUT2D eigenvalue weighted by molar-refractivity contribution is -0.419. The van der Waals surface area contributed by atoms with Crippen molar-refractivity contribution in [3.8, 4) is 12.1 Å². The quantitative estimate of drug-likeness (QED) is 0.161. The molecule has 13 nitrogen and oxygen atoms in total. The monoisotopic (exact) mass is 712 g/mol. The van der Waals surface area contributed by atoms with Gasteiger partial charge in [-0.15, -0.1) is 0 Å². The summed E-state index contributed by atoms with van der Waals surface area (Å²) in [5.41, 5.74) is -2.35. The van der Waals surface area contributed by atoms with Crippen LogP contribution < -0.4 is 9.80 Å². The van der Waals surface area contributed by atoms with Crippen LogP contribution in [-0.4, -0.2) is 53.4 Å². The number of allylic oxidation sites excluding steroid dienone is 2. The van der Waals surface area contributed by atoms with Gasteiger partial charge in [-0.25, -0.2) is 13.6 Å². The Kier molecular flexibility index (Phi) is 10.1. The Hall–Kier alpha value is -6.09. The highest BCUT2D eigenvalue weighted by atomic mass is 19.1. The molecule has 4 aliphatic rings. The van der Waals surface area contributed by atoms with Crippen molar-refractivity contribution in [3.63, 3.8) is 0 Å². The molecule has 2 aromatic carbocycles. The number of hydrogen-bond acceptors (Lipinski definition) is 11. The molecule has 4 atom stereocenters. The predicted octanol–water partition coefficient (Wildman–Crippen LogP) is 6.71. The first-order valence-corrected chi connectivity index (χ1v) is 16.8. The van der Waals surface area contributed by atoms with Gasteiger partial charge >= 0.3 is 6.16 Å². The molecule has 2 aromatic rings. The molecular weight excluding hydrogens is 678 g/mol. The fourth-order valence-corrected chi connectivity index (χ4v) is 7.63. The number of carbonyl (C=O) groups is 1. The Balaban J connectivity index is 1.28. The molecule has 2 fully saturated rings. The molecule has 6 rings (SSSR count). The van der Waals surface area contributed by atoms with Gasteiger partial charge in [-0.1, -0.05) is 0 Å². The lowest BCUT2D eigenvalue weighted by atomic mass is 9.76. The van der Waals surface area contributed by atoms with Gasteiger partial charge in [0.2, 0.25) is 0 Å². The number of benzene rings is 2. The summed E-state index contributed by atoms with van der Waals surface area (Å²) in [6, 6.07) is 12.2. The average molecular weight is 713 g/mol. The lowest BCUT2D eigenvalue weighted by Crippen LogP contribution is -2.53. The number of nitriles is 2. The van der Waals surface area contributed by atoms with Crippen molar-refractivity contribution in [2.75, 3.05) is 36.0 Å². The standard InChI is InChI=1S/C37H34F2N6O7/c38-31-19-25(21-40)5-7-33(31)42-17-1-3-27(23-42)36(13-9-29(10-14-36)44(47)48)51-35(46)52-37(15-11-30(12-16-37)45(49)50)28-4-2-18-43(24-28)34-8-6-26(22-41)20-32(34)39/h5-13,15,19-20,27-28H,1-4,14,16-18,23-24H2. The first-order chi connectivity index (χ1) is 25.0. The van der Waals surface area contributed by atoms with Crippen molar-refractivity contribution in [2.24, 2.45) is 11.8 Å². The minimum absolute atomic E-state index is 0.0628. The molecule has 0 amide bonds. The van der Waals surface area contributed by atoms with Crippen molar-refractivity contribution in [1.29, 1.82) is 10.5 Å². The molecule has 15 heteroatoms. The Bertz CT molecular complexity index is 1860. The summed E-state index contributed by atoms with van der Waals surface area (Å²) in [6.07, 6.45) is 9.20. The highest BCUT2D eigenvalue weighted by Gasteiger charge is 2.49. The number of hydrogen-bond donors (Lipinski definition) is 0. The molecule has 2 aliphatic heterocycles. The van der Waals surface area contributed by atoms with E-state index in [2.05, 4.69) is 0 Å². The topological polar surface area (TPSA) is 176 Å². The zero-order chi connectivity index (χ0) is 37.0. The van der Waals surface area contributed by atoms with Gasteiger partial charge in [-0.05, 0) is 86.4 Å². The minimum atomic E-state index is -1.43. The zero-order valence-corrected chi connectivity index (χ0v) is 28.0. The van der Waals surface area contributed by atoms with E-state index in [9.17, 15) is 35.5 Å². The van der Waals surface area contributed by atoms with Crippen molar-refractivity contribution in [2.45, 2.75) is 49.7 Å². The van der Waals surface area contributed by atoms with E-state index in [0.717, 1.165) is 12.1 Å². The van der Waals surface area contributed by atoms with Crippen LogP contribution in [0.4, 0.5) is 25.0 Å². The fourth-order valence-electron chi connectivity index (χ4n) is 7.63. The molecule has 2 heterocycles. The summed E-state index contributed by atoms with van der Waals surface area (Å²) in [6.45, 7) is 1.40. The van der Waals surface area contributed by atoms with Gasteiger partial charge < -0.3 is 19.3 Å². The van der Waals surface area contributed by atoms with Crippen LogP contribution in [-0.2, 0) is 9.47 Å². The number of anilines is 2. The Labute approximate surface area is 297 Å². The van der Waals surface area contributed by atoms with E-state index < -0.39 is 50.7 Å². The van der Waals surface area contributed by atoms with Crippen molar-refractivity contribution >= 4 is 17.5 Å². The van der Waals surface area contributed by atoms with Gasteiger partial charge in [0.25, 0.3) is 11.4 Å². The lowest BCUT2D eigenvalue weighted by Gasteiger charge is -2.46. The number of halogens is 2. The SMILES string of the molecule is N#Cc1ccc(N2CCCC(C3(OC(=O)OC4(C5CCCN(c6ccc(C#N)cc6F)C5)C=CC([N+](=O)[O-])=CC4)C=CC([N+](=O)[O-])=CC3)C2)c(F)c1. The molecule has 52 heavy (non-hydrogen) atoms. The van der Waals surface area contributed by atoms with E-state index in [1.807, 2.05) is 12.1 Å². The first kappa shape index (κ1) is 35.7. The molecule has 268 valence electrons. The van der Waals surface area contributed by atoms with Crippen molar-refractivity contribution in [1.82, 2.24) is 0 Å². The molecule has 0 radical (unpaired) electrons. The molecule has 0 bridgehead atoms. The molecule has 0 saturated carbocycles. The molecule has 2 aliphatic carbocycles. The summed E-state index contributed by atoms with van der Waals surface area (Å²) in [5, 5.41) is 41.6. The Morgan fingerprint density at radius 2 is 1.19 bits per heavy atom. The third-order valence-corrected chi connectivity index (χ3v) is 10.4. The van der Waals surface area contributed by atoms with E-state index in [1.165, 1.54) is 60.7 Å². The summed E-state index contributed by atoms with van der Waals surface area (Å²) in [4.78, 5) is 39.7. The molecule has 0 spiro atoms. The summed E-state index contributed by atoms with van der Waals surface area (Å²) < 4.78 is 42.5. The summed E-state index contributed by atoms with van der Waals surface area (Å²) in [7, 11) is 0. The van der Waals surface area contributed by atoms with E-state index in [1.54, 1.807) is 9.80 Å². The third-order valence-electron chi connectivity index (χ3n) is 10.4. The number of rotatable bonds is 8. The van der Waals surface area contributed by atoms with E-state index in [-0.39, 0.29) is 59.8 Å². The zero-order valence-electron chi connectivity index (χ0n) is 28.0. The molecule has 0 aromatic heterocycles. The second-order valence-electron chi connectivity index (χ2n) is 13.3. The summed E-state index contributed by atoms with van der Waals surface area (Å²) in [5.74, 6) is -2.10. The van der Waals surface area contributed by atoms with Crippen LogP contribution in [0.5, 0.6) is 0 Å². The maximum Gasteiger partial charge on any atom is 0.510 e. The largest absolute Gasteiger partial charge is 0.510 e. The highest BCUT2D eigenvalue weighted by Crippen LogP contribution is 2.43. The van der Waals surface area contributed by atoms with Gasteiger partial charge in [0.1, 0.15) is 22.8 Å². The van der Waals surface area contributed by atoms with Crippen molar-refractivity contribution in [3.05, 3.63) is 127 Å². The van der Waals surface area contributed by atoms with Gasteiger partial charge in [-0.3, -0.25) is 20.2 Å². The first-order valence-electron chi connectivity index (χ1n) is 16.8. The maximum absolute atomic E-state index is 15.1. The number of nitrogens with zero attached hydrogens (tertiary/aromatic N) is 6. The second kappa shape index (κ2) is 14.6. The van der Waals surface area contributed by atoms with Crippen LogP contribution in [0.2, 0.25) is 0 Å². The smallest absolute Gasteiger partial charge is 0.423 e. The number of nitro groups is 2. The fraction of sp³-hybridized carbons (Fsp3) is 0.378. The molecule has 2 saturated heterocycles. The minimum Gasteiger partial charge on any atom is -0.423 e. The van der Waals surface area contributed by atoms with Gasteiger partial charge in [0.05, 0.1) is 44.5 Å². The average Bonchev–Trinajstić information content (AvgIpc) is 3.15. The van der Waals surface area contributed by atoms with Crippen LogP contribution in [0, 0.1) is 66.4 Å². The molecular formula is C37H34F2N6O7. The van der Waals surface area contributed by atoms with E-state index >= 15 is 8.78 Å². The third kappa shape index (κ3) is 7.21. The Morgan fingerprint density at radius 1 is 0.769 bits per heavy atom. The number of piperidine rings is 2. The number of ether oxygens (including phenoxy) is 2. The van der Waals surface area contributed by atoms with Gasteiger partial charge in [0.15, 0.2) is 0 Å². The predicted molar refractivity (Wildman–Crippen MR) is 183 cm³/mol. The summed E-state index contributed by atoms with van der Waals surface area (Å²) >= 11 is 0. The second-order valence-corrected chi connectivity index (χ2v) is 13.3. The van der Waals surface area contributed by atoms with Gasteiger partial charge in [0, 0.05) is 63.0 Å². The molecule has 4 unspecified atom stereocenters. The highest BCUT2D eigenvalue weighted by molar-refractivity contribution is 5.63. The normalized spacial score (nSPS) is 25.6. The van der Waals surface area contributed by atoms with Gasteiger partial charge in [-0.2, -0.15) is 10.5 Å². The van der Waals surface area contributed by atoms with E-state index in [0.29, 0.717) is 38.8 Å². The van der Waals surface area contributed by atoms with Crippen molar-refractivity contribution < 1.29 is 32.9 Å². The van der Waals surface area contributed by atoms with Crippen LogP contribution in [0.1, 0.15) is 49.7 Å². The Morgan fingerprint density at radius 3 is 1.52 bits per heavy atom. The number of carbonyl (C=O) groups excluding carboxylic acids is 1. The van der Waals surface area contributed by atoms with Crippen LogP contribution >= 0.6 is 0 Å². The molecule has 0 N–H and O–H groups in total. The van der Waals surface area contributed by atoms with E-state index in [4.69, 9.17) is 9.47 Å². The van der Waals surface area contributed by atoms with Crippen LogP contribution in [0.15, 0.2) is 84.2 Å². The van der Waals surface area contributed by atoms with Crippen LogP contribution in [0.3, 0.4) is 0 Å².